The van der Waals surface area contributed by atoms with Gasteiger partial charge in [-0.05, 0) is 42.3 Å². The van der Waals surface area contributed by atoms with Crippen LogP contribution in [-0.2, 0) is 10.3 Å². The van der Waals surface area contributed by atoms with Gasteiger partial charge in [0, 0.05) is 44.6 Å². The van der Waals surface area contributed by atoms with Crippen LogP contribution in [0.25, 0.3) is 0 Å². The smallest absolute Gasteiger partial charge is 0.311 e. The molecule has 1 amide bonds. The first-order valence-corrected chi connectivity index (χ1v) is 12.6. The lowest BCUT2D eigenvalue weighted by Gasteiger charge is -2.24. The van der Waals surface area contributed by atoms with Crippen LogP contribution in [0.2, 0.25) is 0 Å². The molecule has 3 rings (SSSR count). The first-order chi connectivity index (χ1) is 14.3. The van der Waals surface area contributed by atoms with Crippen molar-refractivity contribution in [1.29, 1.82) is 0 Å². The molecule has 160 valence electrons. The van der Waals surface area contributed by atoms with Crippen molar-refractivity contribution >= 4 is 29.6 Å². The predicted molar refractivity (Wildman–Crippen MR) is 117 cm³/mol. The molecule has 1 fully saturated rings. The molecule has 0 aromatic heterocycles. The first kappa shape index (κ1) is 22.3. The highest BCUT2D eigenvalue weighted by Crippen LogP contribution is 2.53. The Bertz CT molecular complexity index is 973. The summed E-state index contributed by atoms with van der Waals surface area (Å²) in [5, 5.41) is 17.4. The zero-order valence-corrected chi connectivity index (χ0v) is 18.4. The van der Waals surface area contributed by atoms with Crippen molar-refractivity contribution in [2.24, 2.45) is 0 Å². The third-order valence-electron chi connectivity index (χ3n) is 4.36. The van der Waals surface area contributed by atoms with Gasteiger partial charge < -0.3 is 9.64 Å². The van der Waals surface area contributed by atoms with Gasteiger partial charge in [0.15, 0.2) is 0 Å². The van der Waals surface area contributed by atoms with Crippen LogP contribution < -0.4 is 14.9 Å². The molecule has 0 saturated carbocycles. The molecule has 2 aromatic rings. The molecule has 11 heteroatoms. The normalized spacial score (nSPS) is 15.4. The van der Waals surface area contributed by atoms with E-state index in [1.807, 2.05) is 0 Å². The number of ether oxygens (including phenoxy) is 1. The Kier molecular flexibility index (Phi) is 7.14. The molecule has 0 unspecified atom stereocenters. The summed E-state index contributed by atoms with van der Waals surface area (Å²) in [6, 6.07) is 11.0. The summed E-state index contributed by atoms with van der Waals surface area (Å²) in [7, 11) is 3.32. The SMILES string of the molecule is CN(C)C(=O)c1ccc(Oc2cc(CSP3(=O)NCCCN3)ccc2[N+](=O)[O-])cc1. The summed E-state index contributed by atoms with van der Waals surface area (Å²) in [5.41, 5.74) is 1.08. The van der Waals surface area contributed by atoms with E-state index in [4.69, 9.17) is 4.74 Å². The van der Waals surface area contributed by atoms with Crippen molar-refractivity contribution in [1.82, 2.24) is 15.1 Å². The maximum absolute atomic E-state index is 12.7. The van der Waals surface area contributed by atoms with Crippen LogP contribution in [0.3, 0.4) is 0 Å². The first-order valence-electron chi connectivity index (χ1n) is 9.29. The number of nitro benzene ring substituents is 1. The Morgan fingerprint density at radius 2 is 1.87 bits per heavy atom. The van der Waals surface area contributed by atoms with Crippen LogP contribution in [0.4, 0.5) is 5.69 Å². The van der Waals surface area contributed by atoms with Gasteiger partial charge in [0.05, 0.1) is 4.92 Å². The zero-order chi connectivity index (χ0) is 21.7. The minimum absolute atomic E-state index is 0.0904. The molecule has 0 spiro atoms. The second-order valence-corrected chi connectivity index (χ2v) is 11.5. The number of hydrogen-bond acceptors (Lipinski definition) is 6. The third kappa shape index (κ3) is 5.60. The Labute approximate surface area is 178 Å². The molecule has 1 aliphatic heterocycles. The lowest BCUT2D eigenvalue weighted by atomic mass is 10.2. The highest BCUT2D eigenvalue weighted by atomic mass is 32.7. The van der Waals surface area contributed by atoms with E-state index in [0.717, 1.165) is 12.0 Å². The third-order valence-corrected chi connectivity index (χ3v) is 8.72. The molecule has 0 radical (unpaired) electrons. The highest BCUT2D eigenvalue weighted by molar-refractivity contribution is 8.56. The van der Waals surface area contributed by atoms with Crippen molar-refractivity contribution in [3.8, 4) is 11.5 Å². The van der Waals surface area contributed by atoms with Crippen molar-refractivity contribution in [2.45, 2.75) is 12.2 Å². The van der Waals surface area contributed by atoms with E-state index in [9.17, 15) is 19.5 Å². The molecule has 0 atom stereocenters. The fraction of sp³-hybridized carbons (Fsp3) is 0.316. The van der Waals surface area contributed by atoms with Crippen molar-refractivity contribution in [3.05, 3.63) is 63.7 Å². The molecule has 0 bridgehead atoms. The number of nitrogens with one attached hydrogen (secondary N) is 2. The largest absolute Gasteiger partial charge is 0.450 e. The van der Waals surface area contributed by atoms with E-state index < -0.39 is 11.6 Å². The monoisotopic (exact) mass is 450 g/mol. The fourth-order valence-corrected chi connectivity index (χ4v) is 6.58. The van der Waals surface area contributed by atoms with Gasteiger partial charge >= 0.3 is 5.69 Å². The Morgan fingerprint density at radius 3 is 2.47 bits per heavy atom. The van der Waals surface area contributed by atoms with E-state index in [0.29, 0.717) is 30.2 Å². The number of carbonyl (C=O) groups excluding carboxylic acids is 1. The molecular formula is C19H23N4O5PS. The van der Waals surface area contributed by atoms with Gasteiger partial charge in [0.2, 0.25) is 5.75 Å². The van der Waals surface area contributed by atoms with Crippen molar-refractivity contribution in [2.75, 3.05) is 27.2 Å². The molecule has 30 heavy (non-hydrogen) atoms. The van der Waals surface area contributed by atoms with Crippen LogP contribution in [0.15, 0.2) is 42.5 Å². The molecule has 2 N–H and O–H groups in total. The van der Waals surface area contributed by atoms with Gasteiger partial charge in [-0.2, -0.15) is 0 Å². The second-order valence-electron chi connectivity index (χ2n) is 6.88. The predicted octanol–water partition coefficient (Wildman–Crippen LogP) is 4.01. The summed E-state index contributed by atoms with van der Waals surface area (Å²) in [6.45, 7) is -1.32. The number of carbonyl (C=O) groups is 1. The number of nitro groups is 1. The van der Waals surface area contributed by atoms with Crippen molar-refractivity contribution < 1.29 is 19.0 Å². The van der Waals surface area contributed by atoms with E-state index in [2.05, 4.69) is 10.2 Å². The summed E-state index contributed by atoms with van der Waals surface area (Å²) in [4.78, 5) is 24.3. The quantitative estimate of drug-likeness (QED) is 0.370. The van der Waals surface area contributed by atoms with E-state index in [1.54, 1.807) is 50.5 Å². The molecule has 2 aromatic carbocycles. The van der Waals surface area contributed by atoms with Gasteiger partial charge in [-0.1, -0.05) is 17.4 Å². The van der Waals surface area contributed by atoms with Crippen LogP contribution in [0.1, 0.15) is 22.3 Å². The summed E-state index contributed by atoms with van der Waals surface area (Å²) >= 11 is 1.26. The maximum Gasteiger partial charge on any atom is 0.311 e. The van der Waals surface area contributed by atoms with Gasteiger partial charge in [0.25, 0.3) is 12.6 Å². The topological polar surface area (TPSA) is 114 Å². The average Bonchev–Trinajstić information content (AvgIpc) is 2.73. The van der Waals surface area contributed by atoms with Gasteiger partial charge in [-0.25, -0.2) is 10.2 Å². The second kappa shape index (κ2) is 9.61. The molecule has 9 nitrogen and oxygen atoms in total. The van der Waals surface area contributed by atoms with Crippen LogP contribution >= 0.6 is 18.0 Å². The van der Waals surface area contributed by atoms with Crippen LogP contribution in [0, 0.1) is 10.1 Å². The standard InChI is InChI=1S/C19H23N4O5PS/c1-22(2)19(24)15-5-7-16(8-6-15)28-18-12-14(4-9-17(18)23(25)26)13-30-29(27)20-10-3-11-21-29/h4-9,12H,3,10-11,13H2,1-2H3,(H2,20,21,27). The Balaban J connectivity index is 1.77. The number of hydrogen-bond donors (Lipinski definition) is 2. The molecule has 1 saturated heterocycles. The zero-order valence-electron chi connectivity index (χ0n) is 16.7. The van der Waals surface area contributed by atoms with Crippen LogP contribution in [-0.4, -0.2) is 42.9 Å². The fourth-order valence-electron chi connectivity index (χ4n) is 2.79. The minimum Gasteiger partial charge on any atom is -0.450 e. The number of benzene rings is 2. The summed E-state index contributed by atoms with van der Waals surface area (Å²) < 4.78 is 18.4. The molecule has 1 aliphatic rings. The Hall–Kier alpha value is -2.39. The minimum atomic E-state index is -2.71. The molecule has 0 aliphatic carbocycles. The lowest BCUT2D eigenvalue weighted by Crippen LogP contribution is -2.29. The molecule has 1 heterocycles. The van der Waals surface area contributed by atoms with E-state index in [1.165, 1.54) is 22.3 Å². The van der Waals surface area contributed by atoms with Gasteiger partial charge in [-0.3, -0.25) is 19.5 Å². The van der Waals surface area contributed by atoms with Crippen LogP contribution in [0.5, 0.6) is 11.5 Å². The maximum atomic E-state index is 12.7. The summed E-state index contributed by atoms with van der Waals surface area (Å²) in [5.74, 6) is 0.725. The van der Waals surface area contributed by atoms with E-state index >= 15 is 0 Å². The highest BCUT2D eigenvalue weighted by Gasteiger charge is 2.25. The van der Waals surface area contributed by atoms with Crippen molar-refractivity contribution in [3.63, 3.8) is 0 Å². The number of rotatable bonds is 7. The van der Waals surface area contributed by atoms with Gasteiger partial charge in [0.1, 0.15) is 5.75 Å². The molecular weight excluding hydrogens is 427 g/mol. The Morgan fingerprint density at radius 1 is 1.20 bits per heavy atom. The average molecular weight is 450 g/mol. The van der Waals surface area contributed by atoms with E-state index in [-0.39, 0.29) is 17.3 Å². The lowest BCUT2D eigenvalue weighted by molar-refractivity contribution is -0.385. The van der Waals surface area contributed by atoms with Gasteiger partial charge in [-0.15, -0.1) is 0 Å². The number of nitrogens with zero attached hydrogens (tertiary/aromatic N) is 2. The number of amides is 1. The summed E-state index contributed by atoms with van der Waals surface area (Å²) in [6.07, 6.45) is 0.916.